The molecule has 5 rings (SSSR count). The number of aryl methyl sites for hydroxylation is 4. The highest BCUT2D eigenvalue weighted by Crippen LogP contribution is 2.35. The first-order valence-corrected chi connectivity index (χ1v) is 12.9. The van der Waals surface area contributed by atoms with Gasteiger partial charge in [-0.3, -0.25) is 9.36 Å². The van der Waals surface area contributed by atoms with Gasteiger partial charge in [-0.2, -0.15) is 0 Å². The highest BCUT2D eigenvalue weighted by atomic mass is 32.2. The predicted molar refractivity (Wildman–Crippen MR) is 134 cm³/mol. The van der Waals surface area contributed by atoms with Gasteiger partial charge in [-0.15, -0.1) is 11.3 Å². The Labute approximate surface area is 196 Å². The van der Waals surface area contributed by atoms with Crippen LogP contribution >= 0.6 is 23.1 Å². The molecule has 32 heavy (non-hydrogen) atoms. The lowest BCUT2D eigenvalue weighted by Crippen LogP contribution is -2.22. The van der Waals surface area contributed by atoms with Crippen LogP contribution in [0.5, 0.6) is 5.75 Å². The summed E-state index contributed by atoms with van der Waals surface area (Å²) >= 11 is 3.28. The maximum absolute atomic E-state index is 13.7. The summed E-state index contributed by atoms with van der Waals surface area (Å²) in [5.74, 6) is 1.63. The van der Waals surface area contributed by atoms with Crippen molar-refractivity contribution in [1.29, 1.82) is 0 Å². The molecule has 0 saturated heterocycles. The van der Waals surface area contributed by atoms with E-state index < -0.39 is 0 Å². The van der Waals surface area contributed by atoms with E-state index in [9.17, 15) is 4.79 Å². The number of benzene rings is 2. The molecule has 2 aromatic heterocycles. The average Bonchev–Trinajstić information content (AvgIpc) is 3.18. The van der Waals surface area contributed by atoms with E-state index in [0.29, 0.717) is 12.4 Å². The molecule has 4 nitrogen and oxygen atoms in total. The molecule has 2 aromatic carbocycles. The Morgan fingerprint density at radius 2 is 1.91 bits per heavy atom. The van der Waals surface area contributed by atoms with Crippen molar-refractivity contribution in [3.05, 3.63) is 80.5 Å². The van der Waals surface area contributed by atoms with Gasteiger partial charge in [0.05, 0.1) is 17.7 Å². The van der Waals surface area contributed by atoms with E-state index in [1.54, 1.807) is 27.7 Å². The second-order valence-electron chi connectivity index (χ2n) is 8.23. The molecule has 0 spiro atoms. The number of thioether (sulfide) groups is 1. The van der Waals surface area contributed by atoms with Crippen molar-refractivity contribution in [2.75, 3.05) is 12.4 Å². The molecular weight excluding hydrogens is 436 g/mol. The molecule has 1 aliphatic carbocycles. The van der Waals surface area contributed by atoms with Crippen molar-refractivity contribution in [3.8, 4) is 11.4 Å². The number of nitrogens with zero attached hydrogens (tertiary/aromatic N) is 2. The molecule has 0 saturated carbocycles. The molecule has 4 aromatic rings. The summed E-state index contributed by atoms with van der Waals surface area (Å²) in [6.45, 7) is 4.68. The largest absolute Gasteiger partial charge is 0.492 e. The SMILES string of the molecule is Cc1ccc(C)c(OCCSc2nc3sc4c(c3c(=O)n2-c2ccccc2)CCCC4)c1. The number of hydrogen-bond donors (Lipinski definition) is 0. The van der Waals surface area contributed by atoms with Crippen LogP contribution < -0.4 is 10.3 Å². The summed E-state index contributed by atoms with van der Waals surface area (Å²) in [5.41, 5.74) is 4.46. The van der Waals surface area contributed by atoms with Crippen LogP contribution in [0.25, 0.3) is 15.9 Å². The Hall–Kier alpha value is -2.57. The fourth-order valence-corrected chi connectivity index (χ4v) is 6.37. The summed E-state index contributed by atoms with van der Waals surface area (Å²) in [6, 6.07) is 16.1. The highest BCUT2D eigenvalue weighted by Gasteiger charge is 2.22. The zero-order valence-electron chi connectivity index (χ0n) is 18.4. The topological polar surface area (TPSA) is 44.1 Å². The summed E-state index contributed by atoms with van der Waals surface area (Å²) in [5, 5.41) is 1.56. The van der Waals surface area contributed by atoms with Crippen LogP contribution in [0.1, 0.15) is 34.4 Å². The normalized spacial score (nSPS) is 13.3. The number of ether oxygens (including phenoxy) is 1. The molecule has 0 amide bonds. The quantitative estimate of drug-likeness (QED) is 0.197. The third-order valence-electron chi connectivity index (χ3n) is 5.89. The summed E-state index contributed by atoms with van der Waals surface area (Å²) < 4.78 is 7.82. The van der Waals surface area contributed by atoms with Crippen molar-refractivity contribution in [3.63, 3.8) is 0 Å². The molecule has 2 heterocycles. The van der Waals surface area contributed by atoms with Crippen LogP contribution in [0.15, 0.2) is 58.5 Å². The first kappa shape index (κ1) is 21.3. The molecule has 1 aliphatic rings. The van der Waals surface area contributed by atoms with Gasteiger partial charge in [0, 0.05) is 10.6 Å². The van der Waals surface area contributed by atoms with Crippen molar-refractivity contribution < 1.29 is 4.74 Å². The molecule has 0 radical (unpaired) electrons. The average molecular weight is 463 g/mol. The number of fused-ring (bicyclic) bond motifs is 3. The monoisotopic (exact) mass is 462 g/mol. The van der Waals surface area contributed by atoms with E-state index in [1.165, 1.54) is 22.4 Å². The Kier molecular flexibility index (Phi) is 6.07. The van der Waals surface area contributed by atoms with Crippen LogP contribution in [0, 0.1) is 13.8 Å². The van der Waals surface area contributed by atoms with Gasteiger partial charge in [0.25, 0.3) is 5.56 Å². The fraction of sp³-hybridized carbons (Fsp3) is 0.308. The van der Waals surface area contributed by atoms with E-state index in [-0.39, 0.29) is 5.56 Å². The van der Waals surface area contributed by atoms with Gasteiger partial charge in [-0.25, -0.2) is 4.98 Å². The summed E-state index contributed by atoms with van der Waals surface area (Å²) in [7, 11) is 0. The van der Waals surface area contributed by atoms with Crippen LogP contribution in [-0.2, 0) is 12.8 Å². The molecule has 164 valence electrons. The molecule has 6 heteroatoms. The number of rotatable bonds is 6. The smallest absolute Gasteiger partial charge is 0.267 e. The molecule has 0 bridgehead atoms. The van der Waals surface area contributed by atoms with Crippen LogP contribution in [0.3, 0.4) is 0 Å². The minimum absolute atomic E-state index is 0.0542. The standard InChI is InChI=1S/C26H26N2O2S2/c1-17-12-13-18(2)21(16-17)30-14-15-31-26-27-24-23(20-10-6-7-11-22(20)32-24)25(29)28(26)19-8-4-3-5-9-19/h3-5,8-9,12-13,16H,6-7,10-11,14-15H2,1-2H3. The van der Waals surface area contributed by atoms with E-state index in [1.807, 2.05) is 30.3 Å². The third kappa shape index (κ3) is 4.09. The summed E-state index contributed by atoms with van der Waals surface area (Å²) in [6.07, 6.45) is 4.39. The number of hydrogen-bond acceptors (Lipinski definition) is 5. The van der Waals surface area contributed by atoms with Crippen molar-refractivity contribution >= 4 is 33.3 Å². The second-order valence-corrected chi connectivity index (χ2v) is 10.4. The number of para-hydroxylation sites is 1. The molecule has 0 fully saturated rings. The van der Waals surface area contributed by atoms with Gasteiger partial charge >= 0.3 is 0 Å². The van der Waals surface area contributed by atoms with E-state index >= 15 is 0 Å². The number of aromatic nitrogens is 2. The van der Waals surface area contributed by atoms with Crippen LogP contribution in [0.2, 0.25) is 0 Å². The lowest BCUT2D eigenvalue weighted by atomic mass is 9.97. The van der Waals surface area contributed by atoms with Gasteiger partial charge in [-0.05, 0) is 74.4 Å². The minimum Gasteiger partial charge on any atom is -0.492 e. The first-order valence-electron chi connectivity index (χ1n) is 11.1. The lowest BCUT2D eigenvalue weighted by molar-refractivity contribution is 0.341. The Balaban J connectivity index is 1.47. The maximum Gasteiger partial charge on any atom is 0.267 e. The molecule has 0 unspecified atom stereocenters. The second kappa shape index (κ2) is 9.12. The summed E-state index contributed by atoms with van der Waals surface area (Å²) in [4.78, 5) is 20.9. The Morgan fingerprint density at radius 3 is 2.75 bits per heavy atom. The zero-order valence-corrected chi connectivity index (χ0v) is 20.0. The van der Waals surface area contributed by atoms with Gasteiger partial charge in [0.2, 0.25) is 0 Å². The van der Waals surface area contributed by atoms with E-state index in [4.69, 9.17) is 9.72 Å². The molecule has 0 atom stereocenters. The van der Waals surface area contributed by atoms with Crippen LogP contribution in [-0.4, -0.2) is 21.9 Å². The van der Waals surface area contributed by atoms with Gasteiger partial charge in [-0.1, -0.05) is 42.1 Å². The van der Waals surface area contributed by atoms with E-state index in [2.05, 4.69) is 32.0 Å². The van der Waals surface area contributed by atoms with Crippen molar-refractivity contribution in [1.82, 2.24) is 9.55 Å². The Morgan fingerprint density at radius 1 is 1.09 bits per heavy atom. The van der Waals surface area contributed by atoms with E-state index in [0.717, 1.165) is 51.6 Å². The highest BCUT2D eigenvalue weighted by molar-refractivity contribution is 7.99. The first-order chi connectivity index (χ1) is 15.6. The predicted octanol–water partition coefficient (Wildman–Crippen LogP) is 6.11. The van der Waals surface area contributed by atoms with Gasteiger partial charge in [0.1, 0.15) is 10.6 Å². The van der Waals surface area contributed by atoms with Gasteiger partial charge in [0.15, 0.2) is 5.16 Å². The lowest BCUT2D eigenvalue weighted by Gasteiger charge is -2.14. The zero-order chi connectivity index (χ0) is 22.1. The third-order valence-corrected chi connectivity index (χ3v) is 7.98. The van der Waals surface area contributed by atoms with Crippen molar-refractivity contribution in [2.45, 2.75) is 44.7 Å². The molecular formula is C26H26N2O2S2. The fourth-order valence-electron chi connectivity index (χ4n) is 4.24. The van der Waals surface area contributed by atoms with Gasteiger partial charge < -0.3 is 4.74 Å². The molecule has 0 N–H and O–H groups in total. The van der Waals surface area contributed by atoms with Crippen molar-refractivity contribution in [2.24, 2.45) is 0 Å². The Bertz CT molecular complexity index is 1330. The minimum atomic E-state index is 0.0542. The number of thiophene rings is 1. The van der Waals surface area contributed by atoms with Crippen LogP contribution in [0.4, 0.5) is 0 Å². The maximum atomic E-state index is 13.7. The molecule has 0 aliphatic heterocycles.